The summed E-state index contributed by atoms with van der Waals surface area (Å²) in [6, 6.07) is 30.3. The Balaban J connectivity index is 2.05. The predicted molar refractivity (Wildman–Crippen MR) is 115 cm³/mol. The second-order valence-electron chi connectivity index (χ2n) is 7.28. The first-order valence-electron chi connectivity index (χ1n) is 10.2. The lowest BCUT2D eigenvalue weighted by atomic mass is 9.76. The number of halogens is 1. The van der Waals surface area contributed by atoms with Gasteiger partial charge in [0.1, 0.15) is 5.54 Å². The first-order chi connectivity index (χ1) is 14.3. The van der Waals surface area contributed by atoms with Crippen LogP contribution in [-0.2, 0) is 12.0 Å². The van der Waals surface area contributed by atoms with Crippen LogP contribution < -0.4 is 0 Å². The molecule has 0 saturated heterocycles. The number of nitrogens with zero attached hydrogens (tertiary/aromatic N) is 2. The molecule has 0 amide bonds. The summed E-state index contributed by atoms with van der Waals surface area (Å²) >= 11 is 0. The summed E-state index contributed by atoms with van der Waals surface area (Å²) in [5.41, 5.74) is 2.93. The minimum atomic E-state index is -0.842. The van der Waals surface area contributed by atoms with E-state index in [9.17, 15) is 0 Å². The van der Waals surface area contributed by atoms with Crippen LogP contribution in [0.15, 0.2) is 97.2 Å². The molecule has 3 heteroatoms. The Hall–Kier alpha value is -3.20. The SMILES string of the molecule is CCCCc1cn(C(c2ccccc2)(c2ccccc2)c2ccccc2)c(F)n1. The summed E-state index contributed by atoms with van der Waals surface area (Å²) < 4.78 is 17.1. The summed E-state index contributed by atoms with van der Waals surface area (Å²) in [5.74, 6) is 0. The van der Waals surface area contributed by atoms with E-state index in [2.05, 4.69) is 48.3 Å². The van der Waals surface area contributed by atoms with Crippen molar-refractivity contribution in [1.29, 1.82) is 0 Å². The highest BCUT2D eigenvalue weighted by Crippen LogP contribution is 2.41. The molecule has 0 unspecified atom stereocenters. The number of aryl methyl sites for hydroxylation is 1. The highest BCUT2D eigenvalue weighted by atomic mass is 19.1. The topological polar surface area (TPSA) is 17.8 Å². The van der Waals surface area contributed by atoms with Crippen LogP contribution in [0.25, 0.3) is 0 Å². The lowest BCUT2D eigenvalue weighted by molar-refractivity contribution is 0.397. The highest BCUT2D eigenvalue weighted by molar-refractivity contribution is 5.50. The molecular formula is C26H25FN2. The van der Waals surface area contributed by atoms with Gasteiger partial charge in [0, 0.05) is 6.20 Å². The second kappa shape index (κ2) is 8.44. The number of unbranched alkanes of at least 4 members (excludes halogenated alkanes) is 1. The zero-order valence-corrected chi connectivity index (χ0v) is 16.6. The number of aromatic nitrogens is 2. The standard InChI is InChI=1S/C26H25FN2/c1-2-3-19-24-20-29(25(27)28-24)26(21-13-7-4-8-14-21,22-15-9-5-10-16-22)23-17-11-6-12-18-23/h4-18,20H,2-3,19H2,1H3. The number of rotatable bonds is 7. The van der Waals surface area contributed by atoms with E-state index in [1.807, 2.05) is 60.8 Å². The number of imidazole rings is 1. The van der Waals surface area contributed by atoms with E-state index in [1.165, 1.54) is 0 Å². The molecule has 146 valence electrons. The molecule has 0 fully saturated rings. The molecule has 0 atom stereocenters. The van der Waals surface area contributed by atoms with Gasteiger partial charge >= 0.3 is 0 Å². The van der Waals surface area contributed by atoms with Crippen LogP contribution in [0, 0.1) is 6.08 Å². The minimum Gasteiger partial charge on any atom is -0.289 e. The van der Waals surface area contributed by atoms with Crippen LogP contribution in [0.1, 0.15) is 42.1 Å². The molecule has 4 aromatic rings. The van der Waals surface area contributed by atoms with Gasteiger partial charge in [-0.3, -0.25) is 4.57 Å². The van der Waals surface area contributed by atoms with Crippen LogP contribution in [0.2, 0.25) is 0 Å². The molecule has 0 saturated carbocycles. The number of benzene rings is 3. The molecular weight excluding hydrogens is 359 g/mol. The van der Waals surface area contributed by atoms with Gasteiger partial charge in [0.25, 0.3) is 6.08 Å². The fraction of sp³-hybridized carbons (Fsp3) is 0.192. The van der Waals surface area contributed by atoms with Crippen molar-refractivity contribution in [2.24, 2.45) is 0 Å². The zero-order chi connectivity index (χ0) is 20.1. The van der Waals surface area contributed by atoms with Crippen LogP contribution in [0.4, 0.5) is 4.39 Å². The lowest BCUT2D eigenvalue weighted by Crippen LogP contribution is -2.38. The van der Waals surface area contributed by atoms with Gasteiger partial charge in [-0.15, -0.1) is 0 Å². The smallest absolute Gasteiger partial charge is 0.289 e. The molecule has 0 spiro atoms. The quantitative estimate of drug-likeness (QED) is 0.347. The molecule has 0 N–H and O–H groups in total. The van der Waals surface area contributed by atoms with Gasteiger partial charge in [-0.2, -0.15) is 4.39 Å². The van der Waals surface area contributed by atoms with Crippen LogP contribution in [0.5, 0.6) is 0 Å². The maximum absolute atomic E-state index is 15.4. The Morgan fingerprint density at radius 3 is 1.62 bits per heavy atom. The van der Waals surface area contributed by atoms with E-state index < -0.39 is 11.6 Å². The maximum atomic E-state index is 15.4. The first kappa shape index (κ1) is 19.1. The van der Waals surface area contributed by atoms with Crippen molar-refractivity contribution in [1.82, 2.24) is 9.55 Å². The first-order valence-corrected chi connectivity index (χ1v) is 10.2. The van der Waals surface area contributed by atoms with Crippen molar-refractivity contribution in [3.8, 4) is 0 Å². The monoisotopic (exact) mass is 384 g/mol. The Bertz CT molecular complexity index is 943. The fourth-order valence-corrected chi connectivity index (χ4v) is 4.07. The van der Waals surface area contributed by atoms with E-state index in [4.69, 9.17) is 0 Å². The van der Waals surface area contributed by atoms with Crippen LogP contribution in [0.3, 0.4) is 0 Å². The largest absolute Gasteiger partial charge is 0.290 e. The molecule has 0 aliphatic heterocycles. The van der Waals surface area contributed by atoms with E-state index in [-0.39, 0.29) is 0 Å². The molecule has 1 heterocycles. The average molecular weight is 384 g/mol. The van der Waals surface area contributed by atoms with Gasteiger partial charge in [-0.05, 0) is 29.5 Å². The lowest BCUT2D eigenvalue weighted by Gasteiger charge is -2.37. The summed E-state index contributed by atoms with van der Waals surface area (Å²) in [6.07, 6.45) is 4.24. The van der Waals surface area contributed by atoms with Crippen LogP contribution >= 0.6 is 0 Å². The predicted octanol–water partition coefficient (Wildman–Crippen LogP) is 6.21. The van der Waals surface area contributed by atoms with Crippen molar-refractivity contribution < 1.29 is 4.39 Å². The van der Waals surface area contributed by atoms with Gasteiger partial charge in [0.05, 0.1) is 5.69 Å². The summed E-state index contributed by atoms with van der Waals surface area (Å²) in [4.78, 5) is 4.29. The summed E-state index contributed by atoms with van der Waals surface area (Å²) in [5, 5.41) is 0. The molecule has 2 nitrogen and oxygen atoms in total. The van der Waals surface area contributed by atoms with Crippen molar-refractivity contribution in [2.45, 2.75) is 31.7 Å². The maximum Gasteiger partial charge on any atom is 0.290 e. The normalized spacial score (nSPS) is 11.5. The molecule has 1 aromatic heterocycles. The fourth-order valence-electron chi connectivity index (χ4n) is 4.07. The molecule has 0 aliphatic carbocycles. The Labute approximate surface area is 171 Å². The molecule has 0 bridgehead atoms. The molecule has 4 rings (SSSR count). The summed E-state index contributed by atoms with van der Waals surface area (Å²) in [7, 11) is 0. The third-order valence-electron chi connectivity index (χ3n) is 5.44. The van der Waals surface area contributed by atoms with Crippen molar-refractivity contribution in [2.75, 3.05) is 0 Å². The van der Waals surface area contributed by atoms with Crippen molar-refractivity contribution in [3.63, 3.8) is 0 Å². The van der Waals surface area contributed by atoms with Gasteiger partial charge in [-0.1, -0.05) is 104 Å². The van der Waals surface area contributed by atoms with Gasteiger partial charge in [0.15, 0.2) is 0 Å². The summed E-state index contributed by atoms with van der Waals surface area (Å²) in [6.45, 7) is 2.13. The number of hydrogen-bond acceptors (Lipinski definition) is 1. The molecule has 0 radical (unpaired) electrons. The minimum absolute atomic E-state index is 0.465. The van der Waals surface area contributed by atoms with E-state index >= 15 is 4.39 Å². The van der Waals surface area contributed by atoms with Gasteiger partial charge < -0.3 is 0 Å². The number of hydrogen-bond donors (Lipinski definition) is 0. The highest BCUT2D eigenvalue weighted by Gasteiger charge is 2.40. The van der Waals surface area contributed by atoms with E-state index in [0.717, 1.165) is 41.6 Å². The molecule has 0 aliphatic rings. The van der Waals surface area contributed by atoms with Gasteiger partial charge in [-0.25, -0.2) is 4.98 Å². The average Bonchev–Trinajstić information content (AvgIpc) is 3.16. The Morgan fingerprint density at radius 1 is 0.759 bits per heavy atom. The second-order valence-corrected chi connectivity index (χ2v) is 7.28. The third-order valence-corrected chi connectivity index (χ3v) is 5.44. The molecule has 29 heavy (non-hydrogen) atoms. The zero-order valence-electron chi connectivity index (χ0n) is 16.6. The van der Waals surface area contributed by atoms with Gasteiger partial charge in [0.2, 0.25) is 0 Å². The van der Waals surface area contributed by atoms with E-state index in [0.29, 0.717) is 0 Å². The third kappa shape index (κ3) is 3.49. The van der Waals surface area contributed by atoms with Crippen molar-refractivity contribution in [3.05, 3.63) is 126 Å². The van der Waals surface area contributed by atoms with Crippen molar-refractivity contribution >= 4 is 0 Å². The van der Waals surface area contributed by atoms with Crippen LogP contribution in [-0.4, -0.2) is 9.55 Å². The Kier molecular flexibility index (Phi) is 5.57. The van der Waals surface area contributed by atoms with E-state index in [1.54, 1.807) is 4.57 Å². The Morgan fingerprint density at radius 2 is 1.21 bits per heavy atom. The molecule has 3 aromatic carbocycles.